The maximum absolute atomic E-state index is 14.6. The van der Waals surface area contributed by atoms with E-state index in [0.29, 0.717) is 16.9 Å². The van der Waals surface area contributed by atoms with Crippen LogP contribution >= 0.6 is 34.8 Å². The van der Waals surface area contributed by atoms with E-state index < -0.39 is 81.4 Å². The van der Waals surface area contributed by atoms with E-state index in [1.807, 2.05) is 0 Å². The summed E-state index contributed by atoms with van der Waals surface area (Å²) in [6.45, 7) is 10.0. The number of aliphatic hydroxyl groups is 1. The number of benzene rings is 3. The van der Waals surface area contributed by atoms with E-state index in [4.69, 9.17) is 82.2 Å². The Bertz CT molecular complexity index is 3040. The lowest BCUT2D eigenvalue weighted by molar-refractivity contribution is -0.315. The molecule has 8 aliphatic rings. The number of epoxide rings is 1. The molecule has 3 aromatic rings. The standard InChI is InChI=1S/C34H32Cl2O10.C17H17ClO7/c1-12-8-19(42-6)25(35)27-21(12)29(39)32(44-27)14(3)10-17(37)23-16(5)24-18(38)11-15(4)33(34(24,41)46-31(23)32)30(40)22-13(2)9-20(43-7)26(36)28(22)45-33;1-7-5-8(19)15-17(23-4,25-15)16(7)14(20)11-9(21-2)6-10(22-3)12(18)13(11)24-16/h8-9,14-16,24,41H,10-11H2,1-7H3;6-7,15H,5H2,1-4H3/t14-,15-,16-,24?,32?,33?,34+;7-,15?,16-,17?/m11/s1. The molecule has 11 rings (SSSR count). The first-order valence-corrected chi connectivity index (χ1v) is 24.0. The van der Waals surface area contributed by atoms with Gasteiger partial charge in [0.1, 0.15) is 49.4 Å². The van der Waals surface area contributed by atoms with Gasteiger partial charge in [-0.05, 0) is 37.1 Å². The third-order valence-electron chi connectivity index (χ3n) is 16.0. The third-order valence-corrected chi connectivity index (χ3v) is 17.0. The lowest BCUT2D eigenvalue weighted by Crippen LogP contribution is -2.76. The highest BCUT2D eigenvalue weighted by molar-refractivity contribution is 6.36. The third kappa shape index (κ3) is 5.81. The van der Waals surface area contributed by atoms with Gasteiger partial charge in [-0.25, -0.2) is 0 Å². The second kappa shape index (κ2) is 16.0. The fraction of sp³-hybridized carbons (Fsp3) is 0.490. The van der Waals surface area contributed by atoms with Gasteiger partial charge in [0.05, 0.1) is 45.5 Å². The van der Waals surface area contributed by atoms with Crippen molar-refractivity contribution in [1.29, 1.82) is 0 Å². The number of carbonyl (C=O) groups excluding carboxylic acids is 6. The SMILES string of the molecule is COc1cc(C)c2c(c1Cl)OC1(C2=O)C2=C(C(=O)C[C@H]1C)[C@@H](C)C1C(=O)C[C@@H](C)C3(Oc4c(Cl)c(OC)cc(C)c4C3=O)[C@@]1(O)O2.COc1cc(OC)c2c(c1Cl)O[C@@]1(C2=O)[C@H](C)CC(=O)C2OC21OC. The summed E-state index contributed by atoms with van der Waals surface area (Å²) in [4.78, 5) is 82.5. The van der Waals surface area contributed by atoms with E-state index in [9.17, 15) is 33.9 Å². The molecule has 3 aliphatic carbocycles. The Morgan fingerprint density at radius 3 is 1.62 bits per heavy atom. The van der Waals surface area contributed by atoms with Crippen molar-refractivity contribution in [3.05, 3.63) is 72.4 Å². The molecule has 2 saturated carbocycles. The highest BCUT2D eigenvalue weighted by atomic mass is 35.5. The number of Topliss-reactive ketones (excluding diaryl/α,β-unsaturated/α-hetero) is 6. The Labute approximate surface area is 422 Å². The zero-order valence-electron chi connectivity index (χ0n) is 40.4. The van der Waals surface area contributed by atoms with Gasteiger partial charge in [-0.15, -0.1) is 0 Å². The minimum absolute atomic E-state index is 0.00850. The number of ketones is 6. The zero-order valence-corrected chi connectivity index (χ0v) is 42.7. The van der Waals surface area contributed by atoms with Crippen molar-refractivity contribution in [1.82, 2.24) is 0 Å². The molecule has 3 fully saturated rings. The Morgan fingerprint density at radius 2 is 1.06 bits per heavy atom. The van der Waals surface area contributed by atoms with E-state index in [2.05, 4.69) is 0 Å². The van der Waals surface area contributed by atoms with Crippen molar-refractivity contribution in [3.63, 3.8) is 0 Å². The highest BCUT2D eigenvalue weighted by Crippen LogP contribution is 2.65. The van der Waals surface area contributed by atoms with Crippen LogP contribution in [0.4, 0.5) is 0 Å². The number of hydrogen-bond acceptors (Lipinski definition) is 17. The summed E-state index contributed by atoms with van der Waals surface area (Å²) in [6, 6.07) is 4.74. The second-order valence-corrected chi connectivity index (χ2v) is 20.6. The Balaban J connectivity index is 0.000000196. The first kappa shape index (κ1) is 49.2. The molecule has 71 heavy (non-hydrogen) atoms. The van der Waals surface area contributed by atoms with Gasteiger partial charge in [0, 0.05) is 61.7 Å². The maximum atomic E-state index is 14.6. The molecule has 3 spiro atoms. The van der Waals surface area contributed by atoms with Gasteiger partial charge in [0.25, 0.3) is 11.6 Å². The van der Waals surface area contributed by atoms with Gasteiger partial charge >= 0.3 is 0 Å². The molecule has 1 N–H and O–H groups in total. The predicted octanol–water partition coefficient (Wildman–Crippen LogP) is 7.42. The molecule has 1 saturated heterocycles. The van der Waals surface area contributed by atoms with Gasteiger partial charge in [-0.1, -0.05) is 62.5 Å². The molecule has 0 amide bonds. The number of hydrogen-bond donors (Lipinski definition) is 1. The quantitative estimate of drug-likeness (QED) is 0.246. The molecule has 3 aromatic carbocycles. The van der Waals surface area contributed by atoms with E-state index in [0.717, 1.165) is 0 Å². The molecule has 5 unspecified atom stereocenters. The molecule has 5 aliphatic heterocycles. The summed E-state index contributed by atoms with van der Waals surface area (Å²) in [5, 5.41) is 13.2. The summed E-state index contributed by atoms with van der Waals surface area (Å²) in [6.07, 6.45) is -0.927. The van der Waals surface area contributed by atoms with Crippen LogP contribution in [0.5, 0.6) is 40.2 Å². The van der Waals surface area contributed by atoms with Crippen LogP contribution < -0.4 is 33.2 Å². The molecule has 11 atom stereocenters. The summed E-state index contributed by atoms with van der Waals surface area (Å²) in [5.41, 5.74) is -4.07. The number of fused-ring (bicyclic) bond motifs is 8. The maximum Gasteiger partial charge on any atom is 0.266 e. The lowest BCUT2D eigenvalue weighted by Gasteiger charge is -2.57. The average molecular weight is 1040 g/mol. The summed E-state index contributed by atoms with van der Waals surface area (Å²) in [5.74, 6) is -10.0. The van der Waals surface area contributed by atoms with Crippen LogP contribution in [0.1, 0.15) is 89.2 Å². The van der Waals surface area contributed by atoms with Gasteiger partial charge in [0.15, 0.2) is 40.7 Å². The van der Waals surface area contributed by atoms with Crippen LogP contribution in [0.25, 0.3) is 0 Å². The van der Waals surface area contributed by atoms with Crippen molar-refractivity contribution >= 4 is 69.5 Å². The minimum Gasteiger partial charge on any atom is -0.496 e. The van der Waals surface area contributed by atoms with Crippen LogP contribution in [0.3, 0.4) is 0 Å². The van der Waals surface area contributed by atoms with Crippen molar-refractivity contribution < 1.29 is 81.2 Å². The smallest absolute Gasteiger partial charge is 0.266 e. The number of allylic oxidation sites excluding steroid dienone is 1. The average Bonchev–Trinajstić information content (AvgIpc) is 3.74. The number of rotatable bonds is 5. The Hall–Kier alpha value is -5.43. The normalized spacial score (nSPS) is 34.5. The summed E-state index contributed by atoms with van der Waals surface area (Å²) >= 11 is 19.7. The largest absolute Gasteiger partial charge is 0.496 e. The molecule has 20 heteroatoms. The number of halogens is 3. The number of methoxy groups -OCH3 is 5. The Morgan fingerprint density at radius 1 is 0.577 bits per heavy atom. The van der Waals surface area contributed by atoms with Crippen LogP contribution in [-0.4, -0.2) is 110 Å². The monoisotopic (exact) mass is 1040 g/mol. The molecular weight excluding hydrogens is 991 g/mol. The Kier molecular flexibility index (Phi) is 11.1. The van der Waals surface area contributed by atoms with E-state index >= 15 is 0 Å². The van der Waals surface area contributed by atoms with E-state index in [1.165, 1.54) is 41.6 Å². The van der Waals surface area contributed by atoms with Crippen molar-refractivity contribution in [2.45, 2.75) is 95.3 Å². The van der Waals surface area contributed by atoms with Crippen molar-refractivity contribution in [2.75, 3.05) is 35.5 Å². The molecular formula is C51H49Cl3O17. The molecule has 0 aromatic heterocycles. The lowest BCUT2D eigenvalue weighted by atomic mass is 9.57. The summed E-state index contributed by atoms with van der Waals surface area (Å²) in [7, 11) is 7.15. The zero-order chi connectivity index (χ0) is 51.6. The highest BCUT2D eigenvalue weighted by Gasteiger charge is 2.84. The fourth-order valence-electron chi connectivity index (χ4n) is 12.5. The van der Waals surface area contributed by atoms with Crippen LogP contribution in [0.2, 0.25) is 15.1 Å². The molecule has 5 heterocycles. The number of ether oxygens (including phenoxy) is 10. The predicted molar refractivity (Wildman–Crippen MR) is 250 cm³/mol. The van der Waals surface area contributed by atoms with Gasteiger partial charge in [-0.2, -0.15) is 0 Å². The molecule has 0 bridgehead atoms. The topological polar surface area (TPSA) is 218 Å². The van der Waals surface area contributed by atoms with Crippen LogP contribution in [-0.2, 0) is 28.6 Å². The fourth-order valence-corrected chi connectivity index (χ4v) is 13.3. The van der Waals surface area contributed by atoms with Crippen LogP contribution in [0, 0.1) is 43.4 Å². The van der Waals surface area contributed by atoms with Gasteiger partial charge < -0.3 is 52.5 Å². The number of aryl methyl sites for hydroxylation is 2. The second-order valence-electron chi connectivity index (χ2n) is 19.5. The summed E-state index contributed by atoms with van der Waals surface area (Å²) < 4.78 is 58.1. The molecule has 376 valence electrons. The number of carbonyl (C=O) groups is 6. The van der Waals surface area contributed by atoms with Gasteiger partial charge in [0.2, 0.25) is 34.2 Å². The first-order chi connectivity index (χ1) is 33.5. The van der Waals surface area contributed by atoms with Gasteiger partial charge in [-0.3, -0.25) is 28.8 Å². The van der Waals surface area contributed by atoms with Crippen molar-refractivity contribution in [2.24, 2.45) is 29.6 Å². The van der Waals surface area contributed by atoms with E-state index in [1.54, 1.807) is 53.7 Å². The minimum atomic E-state index is -2.68. The van der Waals surface area contributed by atoms with E-state index in [-0.39, 0.29) is 114 Å². The first-order valence-electron chi connectivity index (χ1n) is 22.9. The van der Waals surface area contributed by atoms with Crippen LogP contribution in [0.15, 0.2) is 29.5 Å². The molecule has 0 radical (unpaired) electrons. The van der Waals surface area contributed by atoms with Crippen molar-refractivity contribution in [3.8, 4) is 40.2 Å². The molecule has 17 nitrogen and oxygen atoms in total.